The van der Waals surface area contributed by atoms with E-state index in [1.807, 2.05) is 20.8 Å². The molecule has 0 aromatic rings. The maximum absolute atomic E-state index is 5.74. The second kappa shape index (κ2) is 11.1. The summed E-state index contributed by atoms with van der Waals surface area (Å²) in [5.41, 5.74) is 5.59. The first kappa shape index (κ1) is 17.0. The van der Waals surface area contributed by atoms with Crippen molar-refractivity contribution in [2.75, 3.05) is 19.8 Å². The summed E-state index contributed by atoms with van der Waals surface area (Å²) in [4.78, 5) is 0. The van der Waals surface area contributed by atoms with Gasteiger partial charge < -0.3 is 24.3 Å². The van der Waals surface area contributed by atoms with Gasteiger partial charge in [-0.15, -0.1) is 0 Å². The molecule has 0 aliphatic heterocycles. The first-order valence-corrected chi connectivity index (χ1v) is 7.60. The molecule has 6 heteroatoms. The molecule has 0 saturated heterocycles. The molecule has 2 unspecified atom stereocenters. The highest BCUT2D eigenvalue weighted by Gasteiger charge is 2.20. The van der Waals surface area contributed by atoms with Crippen LogP contribution >= 0.6 is 0 Å². The molecule has 17 heavy (non-hydrogen) atoms. The Bertz CT molecular complexity index is 167. The molecule has 3 N–H and O–H groups in total. The van der Waals surface area contributed by atoms with Crippen molar-refractivity contribution in [2.45, 2.75) is 52.8 Å². The van der Waals surface area contributed by atoms with Gasteiger partial charge in [-0.1, -0.05) is 0 Å². The summed E-state index contributed by atoms with van der Waals surface area (Å²) >= 11 is 0. The highest BCUT2D eigenvalue weighted by atomic mass is 28.3. The minimum absolute atomic E-state index is 0.0534. The van der Waals surface area contributed by atoms with Crippen LogP contribution in [-0.4, -0.2) is 41.6 Å². The van der Waals surface area contributed by atoms with Crippen LogP contribution in [0.15, 0.2) is 0 Å². The molecule has 0 aromatic carbocycles. The van der Waals surface area contributed by atoms with E-state index in [0.29, 0.717) is 13.2 Å². The topological polar surface area (TPSA) is 65.7 Å². The number of nitrogens with two attached hydrogens (primary N) is 1. The highest BCUT2D eigenvalue weighted by Crippen LogP contribution is 2.05. The molecule has 0 aromatic heterocycles. The van der Waals surface area contributed by atoms with Gasteiger partial charge in [-0.3, -0.25) is 0 Å². The predicted molar refractivity (Wildman–Crippen MR) is 70.4 cm³/mol. The Morgan fingerprint density at radius 2 is 1.76 bits per heavy atom. The van der Waals surface area contributed by atoms with Gasteiger partial charge in [-0.25, -0.2) is 0 Å². The van der Waals surface area contributed by atoms with Crippen LogP contribution in [0, 0.1) is 0 Å². The van der Waals surface area contributed by atoms with E-state index < -0.39 is 9.53 Å². The van der Waals surface area contributed by atoms with Gasteiger partial charge in [0.05, 0.1) is 6.17 Å². The van der Waals surface area contributed by atoms with Gasteiger partial charge in [0.15, 0.2) is 0 Å². The van der Waals surface area contributed by atoms with Crippen molar-refractivity contribution in [3.8, 4) is 0 Å². The number of hydrogen-bond donors (Lipinski definition) is 2. The summed E-state index contributed by atoms with van der Waals surface area (Å²) in [6, 6.07) is 0. The Morgan fingerprint density at radius 3 is 2.24 bits per heavy atom. The fraction of sp³-hybridized carbons (Fsp3) is 1.00. The number of nitrogens with one attached hydrogen (secondary N) is 1. The van der Waals surface area contributed by atoms with Gasteiger partial charge in [-0.2, -0.15) is 0 Å². The molecule has 0 spiro atoms. The second-order valence-electron chi connectivity index (χ2n) is 3.93. The van der Waals surface area contributed by atoms with Gasteiger partial charge >= 0.3 is 9.53 Å². The van der Waals surface area contributed by atoms with Gasteiger partial charge in [0.1, 0.15) is 0 Å². The molecule has 0 rings (SSSR count). The van der Waals surface area contributed by atoms with Gasteiger partial charge in [0.25, 0.3) is 0 Å². The van der Waals surface area contributed by atoms with Crippen LogP contribution in [0.4, 0.5) is 0 Å². The molecule has 0 aliphatic rings. The van der Waals surface area contributed by atoms with Gasteiger partial charge in [0.2, 0.25) is 0 Å². The standard InChI is InChI=1S/C11H27N2O3Si/c1-5-14-17(15-6-2)16-10(3)8-7-9-13-11(4)12/h10-11,13H,5-9,12H2,1-4H3. The zero-order valence-electron chi connectivity index (χ0n) is 11.5. The Kier molecular flexibility index (Phi) is 11.1. The monoisotopic (exact) mass is 263 g/mol. The van der Waals surface area contributed by atoms with Crippen molar-refractivity contribution in [2.24, 2.45) is 5.73 Å². The molecule has 2 atom stereocenters. The van der Waals surface area contributed by atoms with Crippen LogP contribution in [0.25, 0.3) is 0 Å². The minimum Gasteiger partial charge on any atom is -0.371 e. The fourth-order valence-corrected chi connectivity index (χ4v) is 2.43. The lowest BCUT2D eigenvalue weighted by atomic mass is 10.2. The van der Waals surface area contributed by atoms with E-state index in [0.717, 1.165) is 19.4 Å². The molecule has 0 heterocycles. The van der Waals surface area contributed by atoms with Crippen LogP contribution in [0.3, 0.4) is 0 Å². The molecule has 103 valence electrons. The van der Waals surface area contributed by atoms with Crippen LogP contribution in [-0.2, 0) is 13.3 Å². The molecule has 0 saturated carbocycles. The summed E-state index contributed by atoms with van der Waals surface area (Å²) in [7, 11) is -1.54. The molecule has 5 nitrogen and oxygen atoms in total. The molecular weight excluding hydrogens is 236 g/mol. The lowest BCUT2D eigenvalue weighted by Gasteiger charge is -2.18. The lowest BCUT2D eigenvalue weighted by Crippen LogP contribution is -2.35. The Morgan fingerprint density at radius 1 is 1.18 bits per heavy atom. The van der Waals surface area contributed by atoms with E-state index in [2.05, 4.69) is 12.2 Å². The third-order valence-electron chi connectivity index (χ3n) is 2.08. The minimum atomic E-state index is -1.54. The second-order valence-corrected chi connectivity index (χ2v) is 5.24. The number of rotatable bonds is 11. The largest absolute Gasteiger partial charge is 0.577 e. The van der Waals surface area contributed by atoms with Gasteiger partial charge in [-0.05, 0) is 47.1 Å². The Labute approximate surface area is 107 Å². The summed E-state index contributed by atoms with van der Waals surface area (Å²) in [5.74, 6) is 0. The predicted octanol–water partition coefficient (Wildman–Crippen LogP) is 1.12. The average molecular weight is 263 g/mol. The third kappa shape index (κ3) is 10.9. The quantitative estimate of drug-likeness (QED) is 0.332. The maximum atomic E-state index is 5.74. The first-order valence-electron chi connectivity index (χ1n) is 6.38. The van der Waals surface area contributed by atoms with Crippen molar-refractivity contribution in [3.63, 3.8) is 0 Å². The van der Waals surface area contributed by atoms with Crippen molar-refractivity contribution >= 4 is 9.53 Å². The lowest BCUT2D eigenvalue weighted by molar-refractivity contribution is 0.0661. The molecule has 0 fully saturated rings. The van der Waals surface area contributed by atoms with E-state index in [1.165, 1.54) is 0 Å². The smallest absolute Gasteiger partial charge is 0.371 e. The van der Waals surface area contributed by atoms with E-state index in [-0.39, 0.29) is 12.3 Å². The molecule has 1 radical (unpaired) electrons. The van der Waals surface area contributed by atoms with Crippen molar-refractivity contribution in [1.29, 1.82) is 0 Å². The zero-order chi connectivity index (χ0) is 13.1. The van der Waals surface area contributed by atoms with Crippen LogP contribution in [0.2, 0.25) is 0 Å². The average Bonchev–Trinajstić information content (AvgIpc) is 2.25. The van der Waals surface area contributed by atoms with Crippen LogP contribution < -0.4 is 11.1 Å². The Balaban J connectivity index is 3.62. The zero-order valence-corrected chi connectivity index (χ0v) is 12.5. The normalized spacial score (nSPS) is 15.2. The molecule has 0 bridgehead atoms. The van der Waals surface area contributed by atoms with Crippen molar-refractivity contribution < 1.29 is 13.3 Å². The fourth-order valence-electron chi connectivity index (χ4n) is 1.29. The summed E-state index contributed by atoms with van der Waals surface area (Å²) in [5, 5.41) is 3.17. The first-order chi connectivity index (χ1) is 8.10. The van der Waals surface area contributed by atoms with Crippen molar-refractivity contribution in [3.05, 3.63) is 0 Å². The van der Waals surface area contributed by atoms with Crippen molar-refractivity contribution in [1.82, 2.24) is 5.32 Å². The highest BCUT2D eigenvalue weighted by molar-refractivity contribution is 6.36. The van der Waals surface area contributed by atoms with E-state index in [4.69, 9.17) is 19.0 Å². The number of hydrogen-bond acceptors (Lipinski definition) is 5. The summed E-state index contributed by atoms with van der Waals surface area (Å²) < 4.78 is 16.6. The maximum Gasteiger partial charge on any atom is 0.577 e. The Hall–Kier alpha value is 0.0169. The summed E-state index contributed by atoms with van der Waals surface area (Å²) in [6.45, 7) is 10.1. The van der Waals surface area contributed by atoms with E-state index in [9.17, 15) is 0 Å². The third-order valence-corrected chi connectivity index (χ3v) is 3.72. The van der Waals surface area contributed by atoms with E-state index >= 15 is 0 Å². The molecule has 0 amide bonds. The van der Waals surface area contributed by atoms with Crippen LogP contribution in [0.1, 0.15) is 40.5 Å². The summed E-state index contributed by atoms with van der Waals surface area (Å²) in [6.07, 6.45) is 2.24. The molecular formula is C11H27N2O3Si. The van der Waals surface area contributed by atoms with Crippen LogP contribution in [0.5, 0.6) is 0 Å². The SMILES string of the molecule is CCO[Si](OCC)OC(C)CCCNC(C)N. The van der Waals surface area contributed by atoms with E-state index in [1.54, 1.807) is 0 Å². The van der Waals surface area contributed by atoms with Gasteiger partial charge in [0, 0.05) is 19.3 Å². The molecule has 0 aliphatic carbocycles.